The Morgan fingerprint density at radius 3 is 1.36 bits per heavy atom. The second-order valence-corrected chi connectivity index (χ2v) is 6.57. The molecule has 6 heteroatoms. The van der Waals surface area contributed by atoms with Crippen LogP contribution in [0, 0.1) is 0 Å². The van der Waals surface area contributed by atoms with Crippen molar-refractivity contribution in [3.8, 4) is 11.5 Å². The Kier molecular flexibility index (Phi) is 8.34. The standard InChI is InChI=1S/C22H26O6/c1-16(27-14-23)12-25-21-8-4-19(5-9-21)18(3)20-6-10-22(11-7-20)26-13-17(2)28-15-24/h4-11,14-18H,12-13H2,1-3H3. The van der Waals surface area contributed by atoms with Gasteiger partial charge in [-0.25, -0.2) is 0 Å². The maximum atomic E-state index is 10.3. The minimum Gasteiger partial charge on any atom is -0.490 e. The third kappa shape index (κ3) is 6.61. The van der Waals surface area contributed by atoms with Gasteiger partial charge in [0, 0.05) is 5.92 Å². The number of hydrogen-bond acceptors (Lipinski definition) is 6. The summed E-state index contributed by atoms with van der Waals surface area (Å²) in [4.78, 5) is 20.6. The first-order valence-electron chi connectivity index (χ1n) is 9.17. The number of hydrogen-bond donors (Lipinski definition) is 0. The molecule has 2 rings (SSSR count). The highest BCUT2D eigenvalue weighted by molar-refractivity contribution is 5.39. The van der Waals surface area contributed by atoms with Gasteiger partial charge in [-0.3, -0.25) is 9.59 Å². The van der Waals surface area contributed by atoms with Crippen LogP contribution in [-0.2, 0) is 19.1 Å². The molecule has 2 aromatic rings. The third-order valence-electron chi connectivity index (χ3n) is 4.31. The van der Waals surface area contributed by atoms with Crippen molar-refractivity contribution in [3.63, 3.8) is 0 Å². The Labute approximate surface area is 165 Å². The van der Waals surface area contributed by atoms with E-state index in [0.29, 0.717) is 26.2 Å². The van der Waals surface area contributed by atoms with Crippen LogP contribution in [0.15, 0.2) is 48.5 Å². The van der Waals surface area contributed by atoms with E-state index in [4.69, 9.17) is 18.9 Å². The summed E-state index contributed by atoms with van der Waals surface area (Å²) in [5.41, 5.74) is 2.32. The lowest BCUT2D eigenvalue weighted by atomic mass is 9.93. The van der Waals surface area contributed by atoms with E-state index in [9.17, 15) is 9.59 Å². The molecule has 0 bridgehead atoms. The first-order chi connectivity index (χ1) is 13.5. The van der Waals surface area contributed by atoms with Crippen LogP contribution in [0.1, 0.15) is 37.8 Å². The summed E-state index contributed by atoms with van der Waals surface area (Å²) in [5, 5.41) is 0. The summed E-state index contributed by atoms with van der Waals surface area (Å²) in [5.74, 6) is 1.66. The lowest BCUT2D eigenvalue weighted by Gasteiger charge is -2.16. The van der Waals surface area contributed by atoms with Crippen molar-refractivity contribution in [1.82, 2.24) is 0 Å². The number of benzene rings is 2. The summed E-state index contributed by atoms with van der Waals surface area (Å²) in [6, 6.07) is 15.7. The largest absolute Gasteiger partial charge is 0.490 e. The monoisotopic (exact) mass is 386 g/mol. The molecule has 6 nitrogen and oxygen atoms in total. The van der Waals surface area contributed by atoms with Crippen LogP contribution in [0.25, 0.3) is 0 Å². The SMILES string of the molecule is CC(COc1ccc(C(C)c2ccc(OCC(C)OC=O)cc2)cc1)OC=O. The van der Waals surface area contributed by atoms with Crippen LogP contribution in [0.3, 0.4) is 0 Å². The van der Waals surface area contributed by atoms with E-state index >= 15 is 0 Å². The topological polar surface area (TPSA) is 71.1 Å². The van der Waals surface area contributed by atoms with E-state index in [-0.39, 0.29) is 18.1 Å². The van der Waals surface area contributed by atoms with Crippen molar-refractivity contribution < 1.29 is 28.5 Å². The molecule has 2 atom stereocenters. The minimum atomic E-state index is -0.287. The molecule has 2 aromatic carbocycles. The van der Waals surface area contributed by atoms with Crippen LogP contribution < -0.4 is 9.47 Å². The van der Waals surface area contributed by atoms with Crippen molar-refractivity contribution in [2.45, 2.75) is 38.9 Å². The molecule has 0 aliphatic heterocycles. The van der Waals surface area contributed by atoms with E-state index in [1.165, 1.54) is 0 Å². The number of carbonyl (C=O) groups is 2. The van der Waals surface area contributed by atoms with Gasteiger partial charge in [-0.2, -0.15) is 0 Å². The summed E-state index contributed by atoms with van der Waals surface area (Å²) in [6.45, 7) is 7.15. The second-order valence-electron chi connectivity index (χ2n) is 6.57. The maximum absolute atomic E-state index is 10.3. The molecule has 0 fully saturated rings. The number of rotatable bonds is 12. The fourth-order valence-corrected chi connectivity index (χ4v) is 2.59. The first-order valence-corrected chi connectivity index (χ1v) is 9.17. The molecule has 0 aliphatic rings. The number of ether oxygens (including phenoxy) is 4. The van der Waals surface area contributed by atoms with E-state index in [1.807, 2.05) is 48.5 Å². The van der Waals surface area contributed by atoms with Gasteiger partial charge in [-0.1, -0.05) is 31.2 Å². The van der Waals surface area contributed by atoms with Gasteiger partial charge in [-0.05, 0) is 49.2 Å². The van der Waals surface area contributed by atoms with Gasteiger partial charge in [0.1, 0.15) is 36.9 Å². The van der Waals surface area contributed by atoms with Gasteiger partial charge >= 0.3 is 0 Å². The molecule has 0 N–H and O–H groups in total. The lowest BCUT2D eigenvalue weighted by Crippen LogP contribution is -2.17. The van der Waals surface area contributed by atoms with Crippen LogP contribution in [0.5, 0.6) is 11.5 Å². The highest BCUT2D eigenvalue weighted by Crippen LogP contribution is 2.27. The summed E-state index contributed by atoms with van der Waals surface area (Å²) in [7, 11) is 0. The van der Waals surface area contributed by atoms with Crippen molar-refractivity contribution in [2.24, 2.45) is 0 Å². The quantitative estimate of drug-likeness (QED) is 0.518. The Morgan fingerprint density at radius 2 is 1.04 bits per heavy atom. The zero-order valence-electron chi connectivity index (χ0n) is 16.4. The van der Waals surface area contributed by atoms with Crippen molar-refractivity contribution in [3.05, 3.63) is 59.7 Å². The predicted molar refractivity (Wildman–Crippen MR) is 105 cm³/mol. The zero-order valence-corrected chi connectivity index (χ0v) is 16.4. The molecular formula is C22H26O6. The molecule has 0 saturated heterocycles. The average Bonchev–Trinajstić information content (AvgIpc) is 2.71. The highest BCUT2D eigenvalue weighted by atomic mass is 16.6. The molecule has 150 valence electrons. The molecule has 0 heterocycles. The Balaban J connectivity index is 1.91. The zero-order chi connectivity index (χ0) is 20.4. The molecule has 0 aromatic heterocycles. The van der Waals surface area contributed by atoms with Crippen molar-refractivity contribution in [1.29, 1.82) is 0 Å². The Bertz CT molecular complexity index is 662. The second kappa shape index (κ2) is 11.0. The first kappa shape index (κ1) is 21.3. The van der Waals surface area contributed by atoms with Gasteiger partial charge in [0.25, 0.3) is 12.9 Å². The molecule has 0 aliphatic carbocycles. The van der Waals surface area contributed by atoms with Crippen LogP contribution >= 0.6 is 0 Å². The summed E-state index contributed by atoms with van der Waals surface area (Å²) in [6.07, 6.45) is -0.574. The van der Waals surface area contributed by atoms with Gasteiger partial charge in [0.05, 0.1) is 0 Å². The predicted octanol–water partition coefficient (Wildman–Crippen LogP) is 3.72. The highest BCUT2D eigenvalue weighted by Gasteiger charge is 2.10. The van der Waals surface area contributed by atoms with Gasteiger partial charge in [0.2, 0.25) is 0 Å². The molecular weight excluding hydrogens is 360 g/mol. The summed E-state index contributed by atoms with van der Waals surface area (Å²) < 4.78 is 20.8. The van der Waals surface area contributed by atoms with E-state index in [0.717, 1.165) is 22.6 Å². The molecule has 0 radical (unpaired) electrons. The Hall–Kier alpha value is -3.02. The lowest BCUT2D eigenvalue weighted by molar-refractivity contribution is -0.134. The molecule has 0 spiro atoms. The number of carbonyl (C=O) groups excluding carboxylic acids is 2. The average molecular weight is 386 g/mol. The van der Waals surface area contributed by atoms with Crippen molar-refractivity contribution in [2.75, 3.05) is 13.2 Å². The van der Waals surface area contributed by atoms with E-state index in [2.05, 4.69) is 6.92 Å². The molecule has 2 unspecified atom stereocenters. The van der Waals surface area contributed by atoms with Crippen molar-refractivity contribution >= 4 is 12.9 Å². The van der Waals surface area contributed by atoms with Gasteiger partial charge in [0.15, 0.2) is 0 Å². The third-order valence-corrected chi connectivity index (χ3v) is 4.31. The molecule has 0 saturated carbocycles. The minimum absolute atomic E-state index is 0.206. The fourth-order valence-electron chi connectivity index (χ4n) is 2.59. The smallest absolute Gasteiger partial charge is 0.293 e. The maximum Gasteiger partial charge on any atom is 0.293 e. The van der Waals surface area contributed by atoms with E-state index < -0.39 is 0 Å². The van der Waals surface area contributed by atoms with Crippen LogP contribution in [-0.4, -0.2) is 38.4 Å². The molecule has 0 amide bonds. The summed E-state index contributed by atoms with van der Waals surface area (Å²) >= 11 is 0. The molecule has 28 heavy (non-hydrogen) atoms. The van der Waals surface area contributed by atoms with E-state index in [1.54, 1.807) is 13.8 Å². The van der Waals surface area contributed by atoms with Crippen LogP contribution in [0.2, 0.25) is 0 Å². The normalized spacial score (nSPS) is 13.7. The fraction of sp³-hybridized carbons (Fsp3) is 0.364. The van der Waals surface area contributed by atoms with Crippen LogP contribution in [0.4, 0.5) is 0 Å². The van der Waals surface area contributed by atoms with Gasteiger partial charge < -0.3 is 18.9 Å². The Morgan fingerprint density at radius 1 is 0.679 bits per heavy atom. The van der Waals surface area contributed by atoms with Gasteiger partial charge in [-0.15, -0.1) is 0 Å².